The van der Waals surface area contributed by atoms with Crippen LogP contribution in [0.5, 0.6) is 11.6 Å². The maximum Gasteiger partial charge on any atom is 0.217 e. The molecular formula is C23H30FN3O3. The summed E-state index contributed by atoms with van der Waals surface area (Å²) in [6.45, 7) is 9.39. The molecule has 1 amide bonds. The van der Waals surface area contributed by atoms with E-state index >= 15 is 0 Å². The molecule has 1 aromatic carbocycles. The van der Waals surface area contributed by atoms with Crippen LogP contribution in [0.15, 0.2) is 36.5 Å². The van der Waals surface area contributed by atoms with Crippen LogP contribution in [0, 0.1) is 11.7 Å². The number of carbonyl (C=O) groups excluding carboxylic acids is 1. The monoisotopic (exact) mass is 415 g/mol. The maximum atomic E-state index is 14.4. The Bertz CT molecular complexity index is 857. The van der Waals surface area contributed by atoms with Gasteiger partial charge in [0.25, 0.3) is 0 Å². The van der Waals surface area contributed by atoms with Gasteiger partial charge in [-0.05, 0) is 30.5 Å². The first-order chi connectivity index (χ1) is 14.3. The van der Waals surface area contributed by atoms with Crippen molar-refractivity contribution >= 4 is 11.6 Å². The van der Waals surface area contributed by atoms with E-state index in [9.17, 15) is 9.18 Å². The molecule has 0 spiro atoms. The van der Waals surface area contributed by atoms with E-state index in [4.69, 9.17) is 9.47 Å². The van der Waals surface area contributed by atoms with E-state index < -0.39 is 0 Å². The Morgan fingerprint density at radius 2 is 2.03 bits per heavy atom. The average Bonchev–Trinajstić information content (AvgIpc) is 3.15. The highest BCUT2D eigenvalue weighted by molar-refractivity contribution is 5.73. The number of amides is 1. The zero-order valence-electron chi connectivity index (χ0n) is 18.0. The summed E-state index contributed by atoms with van der Waals surface area (Å²) in [5.41, 5.74) is 1.51. The van der Waals surface area contributed by atoms with Crippen LogP contribution < -0.4 is 19.7 Å². The number of anilines is 1. The number of pyridine rings is 1. The first-order valence-electron chi connectivity index (χ1n) is 10.4. The van der Waals surface area contributed by atoms with Gasteiger partial charge in [0.15, 0.2) is 5.82 Å². The third kappa shape index (κ3) is 5.84. The molecular weight excluding hydrogens is 385 g/mol. The summed E-state index contributed by atoms with van der Waals surface area (Å²) in [7, 11) is 0. The third-order valence-electron chi connectivity index (χ3n) is 4.96. The summed E-state index contributed by atoms with van der Waals surface area (Å²) in [4.78, 5) is 17.2. The molecule has 6 nitrogen and oxygen atoms in total. The fraction of sp³-hybridized carbons (Fsp3) is 0.478. The number of nitrogens with zero attached hydrogens (tertiary/aromatic N) is 2. The Balaban J connectivity index is 1.59. The fourth-order valence-electron chi connectivity index (χ4n) is 3.44. The Kier molecular flexibility index (Phi) is 7.13. The van der Waals surface area contributed by atoms with Crippen LogP contribution in [-0.2, 0) is 4.79 Å². The van der Waals surface area contributed by atoms with Gasteiger partial charge in [0.2, 0.25) is 11.8 Å². The molecule has 162 valence electrons. The standard InChI is InChI=1S/C23H30FN3O3/c1-15(2)14-29-23-11-22(21(24)12-25-23)27-10-9-20(13-27)30-19-7-5-18(6-8-19)16(3)26-17(4)28/h5-8,11-12,15-16,20H,9-10,13-14H2,1-4H3,(H,26,28)/t16-,20?/m0/s1. The summed E-state index contributed by atoms with van der Waals surface area (Å²) in [5, 5.41) is 2.86. The molecule has 1 aromatic heterocycles. The summed E-state index contributed by atoms with van der Waals surface area (Å²) in [6.07, 6.45) is 1.98. The molecule has 0 bridgehead atoms. The highest BCUT2D eigenvalue weighted by atomic mass is 19.1. The lowest BCUT2D eigenvalue weighted by Crippen LogP contribution is -2.25. The molecule has 0 saturated carbocycles. The number of aromatic nitrogens is 1. The van der Waals surface area contributed by atoms with Crippen molar-refractivity contribution in [3.05, 3.63) is 47.9 Å². The number of carbonyl (C=O) groups is 1. The van der Waals surface area contributed by atoms with Crippen LogP contribution in [-0.4, -0.2) is 36.7 Å². The number of ether oxygens (including phenoxy) is 2. The van der Waals surface area contributed by atoms with Crippen molar-refractivity contribution in [2.24, 2.45) is 5.92 Å². The number of hydrogen-bond acceptors (Lipinski definition) is 5. The van der Waals surface area contributed by atoms with Gasteiger partial charge in [-0.25, -0.2) is 9.37 Å². The number of benzene rings is 1. The van der Waals surface area contributed by atoms with Gasteiger partial charge in [-0.15, -0.1) is 0 Å². The Morgan fingerprint density at radius 1 is 1.30 bits per heavy atom. The predicted molar refractivity (Wildman–Crippen MR) is 114 cm³/mol. The van der Waals surface area contributed by atoms with Crippen molar-refractivity contribution in [1.82, 2.24) is 10.3 Å². The normalized spacial score (nSPS) is 17.1. The van der Waals surface area contributed by atoms with Crippen LogP contribution >= 0.6 is 0 Å². The molecule has 7 heteroatoms. The number of nitrogens with one attached hydrogen (secondary N) is 1. The van der Waals surface area contributed by atoms with Crippen LogP contribution in [0.3, 0.4) is 0 Å². The first-order valence-corrected chi connectivity index (χ1v) is 10.4. The zero-order valence-corrected chi connectivity index (χ0v) is 18.0. The fourth-order valence-corrected chi connectivity index (χ4v) is 3.44. The van der Waals surface area contributed by atoms with E-state index in [1.165, 1.54) is 13.1 Å². The van der Waals surface area contributed by atoms with Crippen molar-refractivity contribution in [3.63, 3.8) is 0 Å². The van der Waals surface area contributed by atoms with Gasteiger partial charge in [0.05, 0.1) is 31.1 Å². The topological polar surface area (TPSA) is 63.7 Å². The SMILES string of the molecule is CC(=O)N[C@@H](C)c1ccc(OC2CCN(c3cc(OCC(C)C)ncc3F)C2)cc1. The molecule has 2 heterocycles. The molecule has 1 aliphatic heterocycles. The maximum absolute atomic E-state index is 14.4. The zero-order chi connectivity index (χ0) is 21.7. The lowest BCUT2D eigenvalue weighted by molar-refractivity contribution is -0.119. The lowest BCUT2D eigenvalue weighted by Gasteiger charge is -2.20. The first kappa shape index (κ1) is 21.9. The third-order valence-corrected chi connectivity index (χ3v) is 4.96. The number of halogens is 1. The number of hydrogen-bond donors (Lipinski definition) is 1. The summed E-state index contributed by atoms with van der Waals surface area (Å²) >= 11 is 0. The predicted octanol–water partition coefficient (Wildman–Crippen LogP) is 4.11. The van der Waals surface area contributed by atoms with Gasteiger partial charge in [-0.3, -0.25) is 4.79 Å². The van der Waals surface area contributed by atoms with Gasteiger partial charge >= 0.3 is 0 Å². The van der Waals surface area contributed by atoms with E-state index in [0.29, 0.717) is 37.2 Å². The molecule has 2 aromatic rings. The van der Waals surface area contributed by atoms with Gasteiger partial charge in [0.1, 0.15) is 11.9 Å². The highest BCUT2D eigenvalue weighted by Gasteiger charge is 2.26. The molecule has 2 atom stereocenters. The Hall–Kier alpha value is -2.83. The Labute approximate surface area is 177 Å². The van der Waals surface area contributed by atoms with E-state index in [1.807, 2.05) is 36.1 Å². The minimum absolute atomic E-state index is 0.0313. The van der Waals surface area contributed by atoms with Crippen molar-refractivity contribution in [2.45, 2.75) is 46.3 Å². The van der Waals surface area contributed by atoms with Gasteiger partial charge in [0, 0.05) is 26.0 Å². The quantitative estimate of drug-likeness (QED) is 0.703. The van der Waals surface area contributed by atoms with Gasteiger partial charge in [-0.1, -0.05) is 26.0 Å². The van der Waals surface area contributed by atoms with Crippen molar-refractivity contribution in [3.8, 4) is 11.6 Å². The second-order valence-electron chi connectivity index (χ2n) is 8.14. The molecule has 3 rings (SSSR count). The van der Waals surface area contributed by atoms with Crippen molar-refractivity contribution < 1.29 is 18.7 Å². The van der Waals surface area contributed by atoms with E-state index in [0.717, 1.165) is 17.7 Å². The summed E-state index contributed by atoms with van der Waals surface area (Å²) in [5.74, 6) is 1.15. The molecule has 1 fully saturated rings. The van der Waals surface area contributed by atoms with Crippen molar-refractivity contribution in [2.75, 3.05) is 24.6 Å². The second kappa shape index (κ2) is 9.78. The van der Waals surface area contributed by atoms with Crippen LogP contribution in [0.25, 0.3) is 0 Å². The molecule has 1 saturated heterocycles. The van der Waals surface area contributed by atoms with Crippen LogP contribution in [0.1, 0.15) is 45.7 Å². The van der Waals surface area contributed by atoms with E-state index in [2.05, 4.69) is 24.1 Å². The smallest absolute Gasteiger partial charge is 0.217 e. The summed E-state index contributed by atoms with van der Waals surface area (Å²) < 4.78 is 26.1. The van der Waals surface area contributed by atoms with Crippen LogP contribution in [0.2, 0.25) is 0 Å². The molecule has 0 radical (unpaired) electrons. The van der Waals surface area contributed by atoms with E-state index in [-0.39, 0.29) is 23.9 Å². The molecule has 30 heavy (non-hydrogen) atoms. The minimum Gasteiger partial charge on any atom is -0.489 e. The minimum atomic E-state index is -0.358. The average molecular weight is 416 g/mol. The second-order valence-corrected chi connectivity index (χ2v) is 8.14. The molecule has 1 N–H and O–H groups in total. The highest BCUT2D eigenvalue weighted by Crippen LogP contribution is 2.28. The number of rotatable bonds is 8. The van der Waals surface area contributed by atoms with E-state index in [1.54, 1.807) is 6.07 Å². The largest absolute Gasteiger partial charge is 0.489 e. The van der Waals surface area contributed by atoms with Gasteiger partial charge in [-0.2, -0.15) is 0 Å². The Morgan fingerprint density at radius 3 is 2.70 bits per heavy atom. The molecule has 1 unspecified atom stereocenters. The lowest BCUT2D eigenvalue weighted by atomic mass is 10.1. The molecule has 1 aliphatic rings. The van der Waals surface area contributed by atoms with Crippen molar-refractivity contribution in [1.29, 1.82) is 0 Å². The van der Waals surface area contributed by atoms with Crippen LogP contribution in [0.4, 0.5) is 10.1 Å². The molecule has 0 aliphatic carbocycles. The van der Waals surface area contributed by atoms with Gasteiger partial charge < -0.3 is 19.7 Å². The summed E-state index contributed by atoms with van der Waals surface area (Å²) in [6, 6.07) is 9.31.